The van der Waals surface area contributed by atoms with Crippen molar-refractivity contribution in [2.24, 2.45) is 0 Å². The molecule has 1 N–H and O–H groups in total. The molecule has 0 aliphatic carbocycles. The summed E-state index contributed by atoms with van der Waals surface area (Å²) in [5.41, 5.74) is 2.68. The molecule has 132 valence electrons. The standard InChI is InChI=1S/C18H20FIN4O/c1-3-24-16-14(11(2)22-18(23-16)21-9-8-20)10-15(17(24)25)12-4-6-13(19)7-5-12/h4-7,15H,3,8-10H2,1-2H3,(H,21,22,23). The van der Waals surface area contributed by atoms with E-state index in [9.17, 15) is 9.18 Å². The molecule has 7 heteroatoms. The number of amides is 1. The summed E-state index contributed by atoms with van der Waals surface area (Å²) in [7, 11) is 0. The molecule has 1 aromatic carbocycles. The summed E-state index contributed by atoms with van der Waals surface area (Å²) in [5, 5.41) is 3.18. The number of hydrogen-bond donors (Lipinski definition) is 1. The molecule has 2 heterocycles. The van der Waals surface area contributed by atoms with Gasteiger partial charge in [0.25, 0.3) is 0 Å². The highest BCUT2D eigenvalue weighted by Gasteiger charge is 2.35. The van der Waals surface area contributed by atoms with Gasteiger partial charge >= 0.3 is 0 Å². The summed E-state index contributed by atoms with van der Waals surface area (Å²) < 4.78 is 14.2. The number of nitrogens with one attached hydrogen (secondary N) is 1. The second-order valence-electron chi connectivity index (χ2n) is 5.94. The van der Waals surface area contributed by atoms with Crippen LogP contribution in [-0.4, -0.2) is 33.4 Å². The Morgan fingerprint density at radius 2 is 2.04 bits per heavy atom. The van der Waals surface area contributed by atoms with Crippen molar-refractivity contribution in [3.8, 4) is 0 Å². The second kappa shape index (κ2) is 7.63. The Labute approximate surface area is 160 Å². The number of anilines is 2. The molecule has 0 spiro atoms. The molecule has 1 amide bonds. The van der Waals surface area contributed by atoms with Crippen molar-refractivity contribution in [2.75, 3.05) is 27.7 Å². The van der Waals surface area contributed by atoms with Gasteiger partial charge in [-0.25, -0.2) is 9.37 Å². The van der Waals surface area contributed by atoms with Gasteiger partial charge in [-0.1, -0.05) is 34.7 Å². The fraction of sp³-hybridized carbons (Fsp3) is 0.389. The number of carbonyl (C=O) groups is 1. The van der Waals surface area contributed by atoms with Crippen LogP contribution in [0.4, 0.5) is 16.2 Å². The number of alkyl halides is 1. The lowest BCUT2D eigenvalue weighted by Gasteiger charge is -2.33. The third-order valence-electron chi connectivity index (χ3n) is 4.39. The molecule has 1 unspecified atom stereocenters. The lowest BCUT2D eigenvalue weighted by atomic mass is 9.87. The number of fused-ring (bicyclic) bond motifs is 1. The number of halogens is 2. The predicted molar refractivity (Wildman–Crippen MR) is 105 cm³/mol. The van der Waals surface area contributed by atoms with E-state index in [4.69, 9.17) is 0 Å². The van der Waals surface area contributed by atoms with Crippen molar-refractivity contribution in [3.05, 3.63) is 46.9 Å². The average molecular weight is 454 g/mol. The first-order valence-electron chi connectivity index (χ1n) is 8.29. The molecule has 0 radical (unpaired) electrons. The molecule has 0 saturated heterocycles. The van der Waals surface area contributed by atoms with E-state index in [-0.39, 0.29) is 17.6 Å². The Balaban J connectivity index is 2.01. The maximum Gasteiger partial charge on any atom is 0.236 e. The Bertz CT molecular complexity index is 781. The number of nitrogens with zero attached hydrogens (tertiary/aromatic N) is 3. The van der Waals surface area contributed by atoms with Gasteiger partial charge in [-0.3, -0.25) is 9.69 Å². The van der Waals surface area contributed by atoms with Gasteiger partial charge in [-0.2, -0.15) is 4.98 Å². The van der Waals surface area contributed by atoms with Crippen molar-refractivity contribution in [3.63, 3.8) is 0 Å². The number of benzene rings is 1. The SMILES string of the molecule is CCN1C(=O)C(c2ccc(F)cc2)Cc2c(C)nc(NCCI)nc21. The zero-order valence-corrected chi connectivity index (χ0v) is 16.4. The summed E-state index contributed by atoms with van der Waals surface area (Å²) in [6, 6.07) is 6.16. The van der Waals surface area contributed by atoms with Crippen LogP contribution in [0.2, 0.25) is 0 Å². The second-order valence-corrected chi connectivity index (χ2v) is 7.02. The molecule has 2 aromatic rings. The van der Waals surface area contributed by atoms with Crippen molar-refractivity contribution >= 4 is 40.3 Å². The van der Waals surface area contributed by atoms with E-state index in [0.717, 1.165) is 27.8 Å². The fourth-order valence-corrected chi connectivity index (χ4v) is 3.40. The van der Waals surface area contributed by atoms with Crippen LogP contribution in [0.25, 0.3) is 0 Å². The molecule has 0 saturated carbocycles. The van der Waals surface area contributed by atoms with E-state index in [0.29, 0.717) is 24.7 Å². The van der Waals surface area contributed by atoms with E-state index in [2.05, 4.69) is 37.9 Å². The van der Waals surface area contributed by atoms with Gasteiger partial charge < -0.3 is 5.32 Å². The smallest absolute Gasteiger partial charge is 0.236 e. The quantitative estimate of drug-likeness (QED) is 0.556. The van der Waals surface area contributed by atoms with Crippen LogP contribution in [-0.2, 0) is 11.2 Å². The number of rotatable bonds is 5. The van der Waals surface area contributed by atoms with Crippen LogP contribution >= 0.6 is 22.6 Å². The normalized spacial score (nSPS) is 16.7. The van der Waals surface area contributed by atoms with Crippen LogP contribution in [0.5, 0.6) is 0 Å². The highest BCUT2D eigenvalue weighted by atomic mass is 127. The largest absolute Gasteiger partial charge is 0.353 e. The van der Waals surface area contributed by atoms with Gasteiger partial charge in [0.15, 0.2) is 0 Å². The topological polar surface area (TPSA) is 58.1 Å². The van der Waals surface area contributed by atoms with E-state index in [1.165, 1.54) is 12.1 Å². The highest BCUT2D eigenvalue weighted by Crippen LogP contribution is 2.36. The van der Waals surface area contributed by atoms with E-state index in [1.54, 1.807) is 17.0 Å². The zero-order valence-electron chi connectivity index (χ0n) is 14.2. The Morgan fingerprint density at radius 3 is 2.68 bits per heavy atom. The summed E-state index contributed by atoms with van der Waals surface area (Å²) in [6.07, 6.45) is 0.536. The van der Waals surface area contributed by atoms with Crippen molar-refractivity contribution in [2.45, 2.75) is 26.2 Å². The van der Waals surface area contributed by atoms with E-state index in [1.807, 2.05) is 13.8 Å². The lowest BCUT2D eigenvalue weighted by Crippen LogP contribution is -2.41. The molecule has 1 aliphatic heterocycles. The van der Waals surface area contributed by atoms with Crippen LogP contribution in [0.1, 0.15) is 29.7 Å². The minimum Gasteiger partial charge on any atom is -0.353 e. The van der Waals surface area contributed by atoms with Crippen LogP contribution in [0, 0.1) is 12.7 Å². The van der Waals surface area contributed by atoms with E-state index >= 15 is 0 Å². The van der Waals surface area contributed by atoms with E-state index < -0.39 is 0 Å². The number of aromatic nitrogens is 2. The Morgan fingerprint density at radius 1 is 1.32 bits per heavy atom. The van der Waals surface area contributed by atoms with Gasteiger partial charge in [0.2, 0.25) is 11.9 Å². The third-order valence-corrected chi connectivity index (χ3v) is 4.93. The lowest BCUT2D eigenvalue weighted by molar-refractivity contribution is -0.120. The van der Waals surface area contributed by atoms with Gasteiger partial charge in [-0.05, 0) is 38.0 Å². The van der Waals surface area contributed by atoms with Crippen LogP contribution < -0.4 is 10.2 Å². The number of hydrogen-bond acceptors (Lipinski definition) is 4. The molecule has 1 atom stereocenters. The number of likely N-dealkylation sites (N-methyl/N-ethyl adjacent to an activating group) is 1. The molecule has 3 rings (SSSR count). The number of aryl methyl sites for hydroxylation is 1. The van der Waals surface area contributed by atoms with Gasteiger partial charge in [0.1, 0.15) is 11.6 Å². The summed E-state index contributed by atoms with van der Waals surface area (Å²) in [6.45, 7) is 5.19. The summed E-state index contributed by atoms with van der Waals surface area (Å²) >= 11 is 2.28. The average Bonchev–Trinajstić information content (AvgIpc) is 2.60. The molecular weight excluding hydrogens is 434 g/mol. The molecule has 0 fully saturated rings. The minimum absolute atomic E-state index is 0.000417. The van der Waals surface area contributed by atoms with Crippen molar-refractivity contribution in [1.82, 2.24) is 9.97 Å². The highest BCUT2D eigenvalue weighted by molar-refractivity contribution is 14.1. The van der Waals surface area contributed by atoms with Gasteiger partial charge in [0.05, 0.1) is 5.92 Å². The zero-order chi connectivity index (χ0) is 18.0. The molecule has 1 aliphatic rings. The molecule has 1 aromatic heterocycles. The fourth-order valence-electron chi connectivity index (χ4n) is 3.13. The summed E-state index contributed by atoms with van der Waals surface area (Å²) in [4.78, 5) is 23.8. The minimum atomic E-state index is -0.330. The predicted octanol–water partition coefficient (Wildman–Crippen LogP) is 3.46. The molecule has 5 nitrogen and oxygen atoms in total. The maximum absolute atomic E-state index is 13.2. The first-order chi connectivity index (χ1) is 12.0. The van der Waals surface area contributed by atoms with Crippen LogP contribution in [0.3, 0.4) is 0 Å². The molecule has 0 bridgehead atoms. The first-order valence-corrected chi connectivity index (χ1v) is 9.81. The Hall–Kier alpha value is -1.77. The molecule has 25 heavy (non-hydrogen) atoms. The van der Waals surface area contributed by atoms with Gasteiger partial charge in [-0.15, -0.1) is 0 Å². The van der Waals surface area contributed by atoms with Crippen molar-refractivity contribution < 1.29 is 9.18 Å². The Kier molecular flexibility index (Phi) is 5.51. The summed E-state index contributed by atoms with van der Waals surface area (Å²) in [5.74, 6) is 0.613. The van der Waals surface area contributed by atoms with Gasteiger partial charge in [0, 0.05) is 28.8 Å². The first kappa shape index (κ1) is 18.0. The number of carbonyl (C=O) groups excluding carboxylic acids is 1. The maximum atomic E-state index is 13.2. The van der Waals surface area contributed by atoms with Crippen LogP contribution in [0.15, 0.2) is 24.3 Å². The monoisotopic (exact) mass is 454 g/mol. The third kappa shape index (κ3) is 3.61. The van der Waals surface area contributed by atoms with Crippen molar-refractivity contribution in [1.29, 1.82) is 0 Å². The molecular formula is C18H20FIN4O.